The monoisotopic (exact) mass is 219 g/mol. The average Bonchev–Trinajstić information content (AvgIpc) is 2.72. The van der Waals surface area contributed by atoms with Gasteiger partial charge in [-0.3, -0.25) is 4.79 Å². The number of esters is 1. The van der Waals surface area contributed by atoms with Crippen LogP contribution in [0.1, 0.15) is 18.2 Å². The Morgan fingerprint density at radius 3 is 3.19 bits per heavy atom. The van der Waals surface area contributed by atoms with Gasteiger partial charge in [-0.2, -0.15) is 0 Å². The molecule has 0 aliphatic carbocycles. The Morgan fingerprint density at radius 2 is 2.44 bits per heavy atom. The lowest BCUT2D eigenvalue weighted by molar-refractivity contribution is -0.141. The van der Waals surface area contributed by atoms with Crippen LogP contribution < -0.4 is 5.73 Å². The number of nitrogens with two attached hydrogens (primary N) is 1. The lowest BCUT2D eigenvalue weighted by Crippen LogP contribution is -2.17. The molecule has 5 heteroatoms. The summed E-state index contributed by atoms with van der Waals surface area (Å²) < 4.78 is 6.45. The van der Waals surface area contributed by atoms with E-state index in [1.807, 2.05) is 28.8 Å². The minimum absolute atomic E-state index is 0.152. The maximum absolute atomic E-state index is 11.1. The molecule has 0 bridgehead atoms. The Morgan fingerprint density at radius 1 is 1.62 bits per heavy atom. The molecule has 0 spiro atoms. The highest BCUT2D eigenvalue weighted by Crippen LogP contribution is 2.16. The van der Waals surface area contributed by atoms with Crippen molar-refractivity contribution < 1.29 is 9.53 Å². The quantitative estimate of drug-likeness (QED) is 0.778. The summed E-state index contributed by atoms with van der Waals surface area (Å²) in [5, 5.41) is 0. The van der Waals surface area contributed by atoms with E-state index in [1.165, 1.54) is 7.11 Å². The number of methoxy groups -OCH3 is 1. The molecule has 1 atom stereocenters. The maximum atomic E-state index is 11.1. The molecule has 2 aromatic rings. The number of carbonyl (C=O) groups is 1. The molecule has 2 N–H and O–H groups in total. The normalized spacial score (nSPS) is 12.6. The number of hydrogen-bond acceptors (Lipinski definition) is 4. The fourth-order valence-corrected chi connectivity index (χ4v) is 1.59. The predicted octanol–water partition coefficient (Wildman–Crippen LogP) is 0.897. The smallest absolute Gasteiger partial charge is 0.307 e. The van der Waals surface area contributed by atoms with Gasteiger partial charge in [0.15, 0.2) is 0 Å². The summed E-state index contributed by atoms with van der Waals surface area (Å²) in [6, 6.07) is 5.28. The molecule has 0 aliphatic heterocycles. The van der Waals surface area contributed by atoms with E-state index in [2.05, 4.69) is 9.72 Å². The molecule has 0 saturated heterocycles. The molecule has 0 amide bonds. The first-order chi connectivity index (χ1) is 7.72. The van der Waals surface area contributed by atoms with Crippen molar-refractivity contribution in [3.05, 3.63) is 36.3 Å². The van der Waals surface area contributed by atoms with Gasteiger partial charge in [-0.1, -0.05) is 6.07 Å². The number of aromatic nitrogens is 2. The third-order valence-electron chi connectivity index (χ3n) is 2.44. The maximum Gasteiger partial charge on any atom is 0.307 e. The first kappa shape index (κ1) is 10.6. The fourth-order valence-electron chi connectivity index (χ4n) is 1.59. The van der Waals surface area contributed by atoms with Crippen molar-refractivity contribution >= 4 is 11.6 Å². The zero-order valence-corrected chi connectivity index (χ0v) is 8.96. The van der Waals surface area contributed by atoms with Crippen molar-refractivity contribution in [3.8, 4) is 0 Å². The van der Waals surface area contributed by atoms with E-state index in [0.717, 1.165) is 11.3 Å². The molecule has 0 unspecified atom stereocenters. The SMILES string of the molecule is COC(=O)C[C@@H](N)c1cnc2ccccn12. The summed E-state index contributed by atoms with van der Waals surface area (Å²) in [4.78, 5) is 15.3. The van der Waals surface area contributed by atoms with Gasteiger partial charge in [0, 0.05) is 6.20 Å². The molecular weight excluding hydrogens is 206 g/mol. The Hall–Kier alpha value is -1.88. The molecule has 2 aromatic heterocycles. The summed E-state index contributed by atoms with van der Waals surface area (Å²) in [7, 11) is 1.35. The Balaban J connectivity index is 2.29. The van der Waals surface area contributed by atoms with Crippen molar-refractivity contribution in [3.63, 3.8) is 0 Å². The summed E-state index contributed by atoms with van der Waals surface area (Å²) in [6.45, 7) is 0. The van der Waals surface area contributed by atoms with Crippen LogP contribution in [-0.2, 0) is 9.53 Å². The Bertz CT molecular complexity index is 507. The topological polar surface area (TPSA) is 69.6 Å². The molecule has 0 aliphatic rings. The molecule has 84 valence electrons. The highest BCUT2D eigenvalue weighted by atomic mass is 16.5. The van der Waals surface area contributed by atoms with Gasteiger partial charge in [0.05, 0.1) is 31.5 Å². The molecule has 2 heterocycles. The summed E-state index contributed by atoms with van der Waals surface area (Å²) in [6.07, 6.45) is 3.71. The van der Waals surface area contributed by atoms with E-state index in [9.17, 15) is 4.79 Å². The second kappa shape index (κ2) is 4.32. The van der Waals surface area contributed by atoms with Crippen molar-refractivity contribution in [1.29, 1.82) is 0 Å². The standard InChI is InChI=1S/C11H13N3O2/c1-16-11(15)6-8(12)9-7-13-10-4-2-3-5-14(9)10/h2-5,7-8H,6,12H2,1H3/t8-/m1/s1. The summed E-state index contributed by atoms with van der Waals surface area (Å²) in [5.41, 5.74) is 7.54. The number of carbonyl (C=O) groups excluding carboxylic acids is 1. The van der Waals surface area contributed by atoms with Crippen LogP contribution >= 0.6 is 0 Å². The van der Waals surface area contributed by atoms with Crippen LogP contribution in [0.3, 0.4) is 0 Å². The van der Waals surface area contributed by atoms with Gasteiger partial charge in [-0.25, -0.2) is 4.98 Å². The van der Waals surface area contributed by atoms with Crippen LogP contribution in [0.2, 0.25) is 0 Å². The largest absolute Gasteiger partial charge is 0.469 e. The number of pyridine rings is 1. The van der Waals surface area contributed by atoms with Crippen molar-refractivity contribution in [2.24, 2.45) is 5.73 Å². The second-order valence-corrected chi connectivity index (χ2v) is 3.50. The molecule has 16 heavy (non-hydrogen) atoms. The van der Waals surface area contributed by atoms with Gasteiger partial charge in [0.2, 0.25) is 0 Å². The second-order valence-electron chi connectivity index (χ2n) is 3.50. The van der Waals surface area contributed by atoms with Crippen molar-refractivity contribution in [2.45, 2.75) is 12.5 Å². The average molecular weight is 219 g/mol. The molecule has 0 fully saturated rings. The molecular formula is C11H13N3O2. The van der Waals surface area contributed by atoms with E-state index in [1.54, 1.807) is 6.20 Å². The Kier molecular flexibility index (Phi) is 2.87. The summed E-state index contributed by atoms with van der Waals surface area (Å²) in [5.74, 6) is -0.321. The molecule has 0 aromatic carbocycles. The van der Waals surface area contributed by atoms with Gasteiger partial charge in [0.25, 0.3) is 0 Å². The number of hydrogen-bond donors (Lipinski definition) is 1. The lowest BCUT2D eigenvalue weighted by Gasteiger charge is -2.09. The molecule has 0 radical (unpaired) electrons. The van der Waals surface area contributed by atoms with Crippen LogP contribution in [0.25, 0.3) is 5.65 Å². The highest BCUT2D eigenvalue weighted by Gasteiger charge is 2.15. The number of imidazole rings is 1. The van der Waals surface area contributed by atoms with Crippen LogP contribution in [0.5, 0.6) is 0 Å². The fraction of sp³-hybridized carbons (Fsp3) is 0.273. The third kappa shape index (κ3) is 1.90. The molecule has 2 rings (SSSR count). The van der Waals surface area contributed by atoms with Crippen LogP contribution in [-0.4, -0.2) is 22.5 Å². The van der Waals surface area contributed by atoms with E-state index in [-0.39, 0.29) is 12.4 Å². The molecule has 5 nitrogen and oxygen atoms in total. The number of nitrogens with zero attached hydrogens (tertiary/aromatic N) is 2. The van der Waals surface area contributed by atoms with Gasteiger partial charge < -0.3 is 14.9 Å². The zero-order chi connectivity index (χ0) is 11.5. The Labute approximate surface area is 92.8 Å². The third-order valence-corrected chi connectivity index (χ3v) is 2.44. The van der Waals surface area contributed by atoms with Crippen LogP contribution in [0.4, 0.5) is 0 Å². The zero-order valence-electron chi connectivity index (χ0n) is 8.96. The van der Waals surface area contributed by atoms with E-state index in [0.29, 0.717) is 0 Å². The van der Waals surface area contributed by atoms with Gasteiger partial charge >= 0.3 is 5.97 Å². The van der Waals surface area contributed by atoms with Crippen molar-refractivity contribution in [1.82, 2.24) is 9.38 Å². The van der Waals surface area contributed by atoms with Crippen LogP contribution in [0, 0.1) is 0 Å². The van der Waals surface area contributed by atoms with Gasteiger partial charge in [-0.15, -0.1) is 0 Å². The van der Waals surface area contributed by atoms with E-state index in [4.69, 9.17) is 5.73 Å². The lowest BCUT2D eigenvalue weighted by atomic mass is 10.1. The number of ether oxygens (including phenoxy) is 1. The van der Waals surface area contributed by atoms with E-state index < -0.39 is 6.04 Å². The number of fused-ring (bicyclic) bond motifs is 1. The highest BCUT2D eigenvalue weighted by molar-refractivity contribution is 5.70. The predicted molar refractivity (Wildman–Crippen MR) is 58.8 cm³/mol. The van der Waals surface area contributed by atoms with Gasteiger partial charge in [-0.05, 0) is 12.1 Å². The first-order valence-corrected chi connectivity index (χ1v) is 4.96. The van der Waals surface area contributed by atoms with Crippen LogP contribution in [0.15, 0.2) is 30.6 Å². The first-order valence-electron chi connectivity index (χ1n) is 4.96. The summed E-state index contributed by atoms with van der Waals surface area (Å²) >= 11 is 0. The molecule has 0 saturated carbocycles. The van der Waals surface area contributed by atoms with Gasteiger partial charge in [0.1, 0.15) is 5.65 Å². The minimum atomic E-state index is -0.398. The van der Waals surface area contributed by atoms with Crippen molar-refractivity contribution in [2.75, 3.05) is 7.11 Å². The minimum Gasteiger partial charge on any atom is -0.469 e. The van der Waals surface area contributed by atoms with E-state index >= 15 is 0 Å². The number of rotatable bonds is 3.